The van der Waals surface area contributed by atoms with Crippen molar-refractivity contribution in [2.75, 3.05) is 65.9 Å². The van der Waals surface area contributed by atoms with Gasteiger partial charge in [0.15, 0.2) is 0 Å². The summed E-state index contributed by atoms with van der Waals surface area (Å²) in [4.78, 5) is 27.0. The third-order valence-corrected chi connectivity index (χ3v) is 5.29. The maximum atomic E-state index is 11.8. The van der Waals surface area contributed by atoms with Gasteiger partial charge in [-0.1, -0.05) is 0 Å². The molecule has 0 saturated heterocycles. The van der Waals surface area contributed by atoms with Gasteiger partial charge in [0, 0.05) is 25.9 Å². The highest BCUT2D eigenvalue weighted by atomic mass is 16.6. The molecule has 2 unspecified atom stereocenters. The average molecular weight is 442 g/mol. The number of amides is 2. The molecule has 2 atom stereocenters. The Morgan fingerprint density at radius 3 is 1.97 bits per heavy atom. The van der Waals surface area contributed by atoms with E-state index < -0.39 is 0 Å². The molecule has 4 N–H and O–H groups in total. The van der Waals surface area contributed by atoms with E-state index >= 15 is 0 Å². The number of nitrogens with two attached hydrogens (primary N) is 1. The molecule has 10 heteroatoms. The maximum Gasteiger partial charge on any atom is 0.407 e. The van der Waals surface area contributed by atoms with Crippen LogP contribution in [0, 0.1) is 29.6 Å². The highest BCUT2D eigenvalue weighted by Gasteiger charge is 2.49. The predicted molar refractivity (Wildman–Crippen MR) is 112 cm³/mol. The molecule has 0 bridgehead atoms. The van der Waals surface area contributed by atoms with E-state index in [9.17, 15) is 9.59 Å². The van der Waals surface area contributed by atoms with E-state index in [1.165, 1.54) is 0 Å². The van der Waals surface area contributed by atoms with E-state index in [2.05, 4.69) is 27.3 Å². The van der Waals surface area contributed by atoms with Gasteiger partial charge in [0.2, 0.25) is 5.91 Å². The lowest BCUT2D eigenvalue weighted by Crippen LogP contribution is -2.31. The van der Waals surface area contributed by atoms with Crippen molar-refractivity contribution in [2.24, 2.45) is 23.7 Å². The zero-order valence-electron chi connectivity index (χ0n) is 18.1. The first-order valence-corrected chi connectivity index (χ1v) is 10.9. The third kappa shape index (κ3) is 11.3. The van der Waals surface area contributed by atoms with Gasteiger partial charge in [-0.3, -0.25) is 9.63 Å². The molecule has 1 saturated carbocycles. The highest BCUT2D eigenvalue weighted by molar-refractivity contribution is 5.77. The number of nitrogens with one attached hydrogen (secondary N) is 2. The molecule has 31 heavy (non-hydrogen) atoms. The SMILES string of the molecule is NOCC(=O)NCCOCCOCCOCCNC(=O)OCC1C2CCC#CCCC21. The second kappa shape index (κ2) is 15.8. The van der Waals surface area contributed by atoms with Crippen LogP contribution < -0.4 is 16.5 Å². The van der Waals surface area contributed by atoms with Crippen LogP contribution in [0.2, 0.25) is 0 Å². The molecule has 0 aliphatic heterocycles. The van der Waals surface area contributed by atoms with Gasteiger partial charge in [-0.25, -0.2) is 10.7 Å². The second-order valence-electron chi connectivity index (χ2n) is 7.45. The van der Waals surface area contributed by atoms with E-state index in [0.29, 0.717) is 77.1 Å². The second-order valence-corrected chi connectivity index (χ2v) is 7.45. The topological polar surface area (TPSA) is 130 Å². The molecule has 2 amide bonds. The number of carbonyl (C=O) groups excluding carboxylic acids is 2. The fourth-order valence-corrected chi connectivity index (χ4v) is 3.66. The predicted octanol–water partition coefficient (Wildman–Crippen LogP) is 0.209. The first-order chi connectivity index (χ1) is 15.2. The summed E-state index contributed by atoms with van der Waals surface area (Å²) >= 11 is 0. The van der Waals surface area contributed by atoms with Crippen LogP contribution in [0.4, 0.5) is 4.79 Å². The van der Waals surface area contributed by atoms with E-state index in [0.717, 1.165) is 25.7 Å². The lowest BCUT2D eigenvalue weighted by molar-refractivity contribution is -0.126. The van der Waals surface area contributed by atoms with Crippen LogP contribution in [-0.2, 0) is 28.6 Å². The standard InChI is InChI=1S/C21H35N3O7/c22-31-16-20(25)23-7-9-27-11-13-29-14-12-28-10-8-24-21(26)30-15-19-17-5-3-1-2-4-6-18(17)19/h17-19H,3-16,22H2,(H,23,25)(H,24,26). The zero-order valence-corrected chi connectivity index (χ0v) is 18.1. The lowest BCUT2D eigenvalue weighted by Gasteiger charge is -2.09. The van der Waals surface area contributed by atoms with Gasteiger partial charge in [-0.15, -0.1) is 11.8 Å². The Morgan fingerprint density at radius 2 is 1.39 bits per heavy atom. The van der Waals surface area contributed by atoms with Crippen molar-refractivity contribution in [3.8, 4) is 11.8 Å². The first kappa shape index (κ1) is 25.4. The minimum atomic E-state index is -0.390. The van der Waals surface area contributed by atoms with Crippen molar-refractivity contribution >= 4 is 12.0 Å². The molecular weight excluding hydrogens is 406 g/mol. The fraction of sp³-hybridized carbons (Fsp3) is 0.810. The smallest absolute Gasteiger partial charge is 0.407 e. The lowest BCUT2D eigenvalue weighted by atomic mass is 10.1. The van der Waals surface area contributed by atoms with Crippen LogP contribution in [0.1, 0.15) is 25.7 Å². The van der Waals surface area contributed by atoms with Gasteiger partial charge >= 0.3 is 6.09 Å². The molecule has 2 aliphatic carbocycles. The van der Waals surface area contributed by atoms with E-state index in [1.807, 2.05) is 0 Å². The number of ether oxygens (including phenoxy) is 4. The molecule has 0 radical (unpaired) electrons. The number of alkyl carbamates (subject to hydrolysis) is 1. The first-order valence-electron chi connectivity index (χ1n) is 10.9. The molecule has 2 rings (SSSR count). The van der Waals surface area contributed by atoms with Crippen molar-refractivity contribution < 1.29 is 33.4 Å². The van der Waals surface area contributed by atoms with Gasteiger partial charge < -0.3 is 29.6 Å². The Labute approximate surface area is 183 Å². The molecular formula is C21H35N3O7. The summed E-state index contributed by atoms with van der Waals surface area (Å²) < 4.78 is 21.4. The Balaban J connectivity index is 1.30. The molecule has 2 aliphatic rings. The van der Waals surface area contributed by atoms with E-state index in [1.54, 1.807) is 0 Å². The normalized spacial score (nSPS) is 21.6. The summed E-state index contributed by atoms with van der Waals surface area (Å²) in [5.74, 6) is 12.7. The van der Waals surface area contributed by atoms with Crippen LogP contribution >= 0.6 is 0 Å². The van der Waals surface area contributed by atoms with Gasteiger partial charge in [0.1, 0.15) is 6.61 Å². The summed E-state index contributed by atoms with van der Waals surface area (Å²) in [5.41, 5.74) is 0. The third-order valence-electron chi connectivity index (χ3n) is 5.29. The zero-order chi connectivity index (χ0) is 22.2. The molecule has 10 nitrogen and oxygen atoms in total. The van der Waals surface area contributed by atoms with Gasteiger partial charge in [0.25, 0.3) is 0 Å². The van der Waals surface area contributed by atoms with Crippen molar-refractivity contribution in [2.45, 2.75) is 25.7 Å². The van der Waals surface area contributed by atoms with Crippen molar-refractivity contribution in [1.29, 1.82) is 0 Å². The number of carbonyl (C=O) groups is 2. The average Bonchev–Trinajstić information content (AvgIpc) is 3.39. The molecule has 0 spiro atoms. The summed E-state index contributed by atoms with van der Waals surface area (Å²) in [6, 6.07) is 0. The number of rotatable bonds is 16. The number of fused-ring (bicyclic) bond motifs is 1. The summed E-state index contributed by atoms with van der Waals surface area (Å²) in [7, 11) is 0. The summed E-state index contributed by atoms with van der Waals surface area (Å²) in [6.45, 7) is 3.61. The van der Waals surface area contributed by atoms with Crippen LogP contribution in [0.3, 0.4) is 0 Å². The van der Waals surface area contributed by atoms with Gasteiger partial charge in [-0.05, 0) is 30.6 Å². The molecule has 0 aromatic heterocycles. The largest absolute Gasteiger partial charge is 0.449 e. The fourth-order valence-electron chi connectivity index (χ4n) is 3.66. The Bertz CT molecular complexity index is 575. The van der Waals surface area contributed by atoms with Gasteiger partial charge in [-0.2, -0.15) is 0 Å². The van der Waals surface area contributed by atoms with E-state index in [-0.39, 0.29) is 18.6 Å². The minimum absolute atomic E-state index is 0.169. The highest BCUT2D eigenvalue weighted by Crippen LogP contribution is 2.52. The van der Waals surface area contributed by atoms with Crippen molar-refractivity contribution in [3.05, 3.63) is 0 Å². The molecule has 0 aromatic carbocycles. The van der Waals surface area contributed by atoms with Gasteiger partial charge in [0.05, 0.1) is 46.2 Å². The number of hydrogen-bond acceptors (Lipinski definition) is 8. The van der Waals surface area contributed by atoms with Crippen LogP contribution in [0.25, 0.3) is 0 Å². The summed E-state index contributed by atoms with van der Waals surface area (Å²) in [5, 5.41) is 5.28. The Kier molecular flexibility index (Phi) is 13.0. The number of hydrogen-bond donors (Lipinski definition) is 3. The molecule has 0 aromatic rings. The monoisotopic (exact) mass is 441 g/mol. The molecule has 0 heterocycles. The summed E-state index contributed by atoms with van der Waals surface area (Å²) in [6.07, 6.45) is 3.78. The molecule has 176 valence electrons. The minimum Gasteiger partial charge on any atom is -0.449 e. The Morgan fingerprint density at radius 1 is 0.839 bits per heavy atom. The van der Waals surface area contributed by atoms with Crippen molar-refractivity contribution in [1.82, 2.24) is 10.6 Å². The Hall–Kier alpha value is -1.90. The van der Waals surface area contributed by atoms with Crippen LogP contribution in [0.5, 0.6) is 0 Å². The quantitative estimate of drug-likeness (QED) is 0.176. The molecule has 1 fully saturated rings. The van der Waals surface area contributed by atoms with Crippen molar-refractivity contribution in [3.63, 3.8) is 0 Å². The van der Waals surface area contributed by atoms with E-state index in [4.69, 9.17) is 24.8 Å². The van der Waals surface area contributed by atoms with Crippen LogP contribution in [0.15, 0.2) is 0 Å². The maximum absolute atomic E-state index is 11.8. The van der Waals surface area contributed by atoms with Crippen LogP contribution in [-0.4, -0.2) is 77.9 Å².